The summed E-state index contributed by atoms with van der Waals surface area (Å²) in [7, 11) is 0. The maximum atomic E-state index is 11.4. The SMILES string of the molecule is CCCOC(=O)/C=C/C(=O)OC(CC)C(C)C. The molecule has 0 N–H and O–H groups in total. The standard InChI is InChI=1S/C13H22O4/c1-5-9-16-12(14)7-8-13(15)17-11(6-2)10(3)4/h7-8,10-11H,5-6,9H2,1-4H3/b8-7+. The zero-order valence-corrected chi connectivity index (χ0v) is 11.1. The van der Waals surface area contributed by atoms with Gasteiger partial charge in [-0.05, 0) is 18.8 Å². The summed E-state index contributed by atoms with van der Waals surface area (Å²) in [5, 5.41) is 0. The molecule has 0 aliphatic heterocycles. The normalized spacial score (nSPS) is 12.8. The van der Waals surface area contributed by atoms with Crippen LogP contribution in [0.2, 0.25) is 0 Å². The first-order chi connectivity index (χ1) is 8.01. The summed E-state index contributed by atoms with van der Waals surface area (Å²) >= 11 is 0. The van der Waals surface area contributed by atoms with Gasteiger partial charge in [-0.3, -0.25) is 0 Å². The van der Waals surface area contributed by atoms with Crippen molar-refractivity contribution in [3.05, 3.63) is 12.2 Å². The molecule has 0 aromatic rings. The van der Waals surface area contributed by atoms with Gasteiger partial charge in [-0.25, -0.2) is 9.59 Å². The van der Waals surface area contributed by atoms with Crippen LogP contribution in [-0.2, 0) is 19.1 Å². The minimum absolute atomic E-state index is 0.112. The number of carbonyl (C=O) groups excluding carboxylic acids is 2. The van der Waals surface area contributed by atoms with Crippen LogP contribution in [0.3, 0.4) is 0 Å². The van der Waals surface area contributed by atoms with Gasteiger partial charge in [0.05, 0.1) is 6.61 Å². The maximum Gasteiger partial charge on any atom is 0.331 e. The highest BCUT2D eigenvalue weighted by Crippen LogP contribution is 2.10. The number of hydrogen-bond donors (Lipinski definition) is 0. The van der Waals surface area contributed by atoms with Crippen molar-refractivity contribution in [2.75, 3.05) is 6.61 Å². The van der Waals surface area contributed by atoms with Crippen molar-refractivity contribution in [2.45, 2.75) is 46.6 Å². The highest BCUT2D eigenvalue weighted by Gasteiger charge is 2.14. The van der Waals surface area contributed by atoms with E-state index in [2.05, 4.69) is 0 Å². The van der Waals surface area contributed by atoms with Crippen LogP contribution in [0.25, 0.3) is 0 Å². The molecular formula is C13H22O4. The summed E-state index contributed by atoms with van der Waals surface area (Å²) in [5.41, 5.74) is 0. The Morgan fingerprint density at radius 2 is 1.71 bits per heavy atom. The minimum atomic E-state index is -0.513. The lowest BCUT2D eigenvalue weighted by atomic mass is 10.1. The van der Waals surface area contributed by atoms with Gasteiger partial charge in [-0.1, -0.05) is 27.7 Å². The van der Waals surface area contributed by atoms with Gasteiger partial charge in [0.25, 0.3) is 0 Å². The van der Waals surface area contributed by atoms with Crippen LogP contribution in [0.15, 0.2) is 12.2 Å². The lowest BCUT2D eigenvalue weighted by molar-refractivity contribution is -0.146. The molecule has 0 aliphatic rings. The molecule has 1 unspecified atom stereocenters. The van der Waals surface area contributed by atoms with Crippen molar-refractivity contribution in [3.63, 3.8) is 0 Å². The van der Waals surface area contributed by atoms with Crippen LogP contribution in [0.1, 0.15) is 40.5 Å². The van der Waals surface area contributed by atoms with E-state index in [1.54, 1.807) is 0 Å². The maximum absolute atomic E-state index is 11.4. The van der Waals surface area contributed by atoms with E-state index in [1.165, 1.54) is 0 Å². The third kappa shape index (κ3) is 7.55. The molecule has 0 aromatic carbocycles. The Hall–Kier alpha value is -1.32. The van der Waals surface area contributed by atoms with Crippen molar-refractivity contribution in [1.29, 1.82) is 0 Å². The van der Waals surface area contributed by atoms with Gasteiger partial charge < -0.3 is 9.47 Å². The second-order valence-electron chi connectivity index (χ2n) is 4.13. The summed E-state index contributed by atoms with van der Waals surface area (Å²) in [6.07, 6.45) is 3.62. The fourth-order valence-electron chi connectivity index (χ4n) is 1.27. The molecule has 0 amide bonds. The third-order valence-corrected chi connectivity index (χ3v) is 2.22. The summed E-state index contributed by atoms with van der Waals surface area (Å²) in [5.74, 6) is -0.746. The molecule has 4 heteroatoms. The fraction of sp³-hybridized carbons (Fsp3) is 0.692. The summed E-state index contributed by atoms with van der Waals surface area (Å²) in [4.78, 5) is 22.5. The van der Waals surface area contributed by atoms with Crippen molar-refractivity contribution >= 4 is 11.9 Å². The zero-order chi connectivity index (χ0) is 13.3. The highest BCUT2D eigenvalue weighted by atomic mass is 16.5. The van der Waals surface area contributed by atoms with Crippen LogP contribution in [0.5, 0.6) is 0 Å². The lowest BCUT2D eigenvalue weighted by Crippen LogP contribution is -2.21. The Labute approximate surface area is 103 Å². The first-order valence-corrected chi connectivity index (χ1v) is 6.06. The van der Waals surface area contributed by atoms with E-state index in [-0.39, 0.29) is 12.0 Å². The van der Waals surface area contributed by atoms with Crippen molar-refractivity contribution in [3.8, 4) is 0 Å². The van der Waals surface area contributed by atoms with Gasteiger partial charge in [0, 0.05) is 12.2 Å². The van der Waals surface area contributed by atoms with Crippen LogP contribution in [0.4, 0.5) is 0 Å². The lowest BCUT2D eigenvalue weighted by Gasteiger charge is -2.18. The number of esters is 2. The smallest absolute Gasteiger partial charge is 0.331 e. The van der Waals surface area contributed by atoms with Crippen LogP contribution in [-0.4, -0.2) is 24.6 Å². The van der Waals surface area contributed by atoms with Gasteiger partial charge in [0.2, 0.25) is 0 Å². The van der Waals surface area contributed by atoms with E-state index < -0.39 is 11.9 Å². The third-order valence-electron chi connectivity index (χ3n) is 2.22. The molecule has 0 fully saturated rings. The largest absolute Gasteiger partial charge is 0.463 e. The van der Waals surface area contributed by atoms with Crippen molar-refractivity contribution in [1.82, 2.24) is 0 Å². The van der Waals surface area contributed by atoms with Gasteiger partial charge in [0.1, 0.15) is 6.10 Å². The Morgan fingerprint density at radius 3 is 2.18 bits per heavy atom. The quantitative estimate of drug-likeness (QED) is 0.508. The Morgan fingerprint density at radius 1 is 1.12 bits per heavy atom. The molecule has 98 valence electrons. The van der Waals surface area contributed by atoms with E-state index in [0.29, 0.717) is 6.61 Å². The molecule has 0 spiro atoms. The van der Waals surface area contributed by atoms with Crippen molar-refractivity contribution in [2.24, 2.45) is 5.92 Å². The van der Waals surface area contributed by atoms with Crippen molar-refractivity contribution < 1.29 is 19.1 Å². The predicted octanol–water partition coefficient (Wildman–Crippen LogP) is 2.47. The Kier molecular flexibility index (Phi) is 8.11. The molecule has 17 heavy (non-hydrogen) atoms. The predicted molar refractivity (Wildman–Crippen MR) is 65.4 cm³/mol. The van der Waals surface area contributed by atoms with E-state index in [0.717, 1.165) is 25.0 Å². The van der Waals surface area contributed by atoms with Gasteiger partial charge in [-0.2, -0.15) is 0 Å². The number of hydrogen-bond acceptors (Lipinski definition) is 4. The topological polar surface area (TPSA) is 52.6 Å². The average molecular weight is 242 g/mol. The number of rotatable bonds is 7. The number of carbonyl (C=O) groups is 2. The van der Waals surface area contributed by atoms with Crippen LogP contribution in [0, 0.1) is 5.92 Å². The van der Waals surface area contributed by atoms with Gasteiger partial charge in [-0.15, -0.1) is 0 Å². The monoisotopic (exact) mass is 242 g/mol. The molecule has 0 radical (unpaired) electrons. The summed E-state index contributed by atoms with van der Waals surface area (Å²) < 4.78 is 9.97. The first-order valence-electron chi connectivity index (χ1n) is 6.06. The average Bonchev–Trinajstić information content (AvgIpc) is 2.30. The summed E-state index contributed by atoms with van der Waals surface area (Å²) in [6.45, 7) is 8.19. The van der Waals surface area contributed by atoms with Gasteiger partial charge in [0.15, 0.2) is 0 Å². The molecule has 0 aliphatic carbocycles. The Balaban J connectivity index is 4.07. The second kappa shape index (κ2) is 8.79. The molecule has 0 bridgehead atoms. The first kappa shape index (κ1) is 15.7. The highest BCUT2D eigenvalue weighted by molar-refractivity contribution is 5.91. The molecule has 0 saturated heterocycles. The van der Waals surface area contributed by atoms with Crippen LogP contribution < -0.4 is 0 Å². The second-order valence-corrected chi connectivity index (χ2v) is 4.13. The molecule has 1 atom stereocenters. The molecule has 0 saturated carbocycles. The Bertz CT molecular complexity index is 269. The molecule has 0 heterocycles. The molecule has 0 aromatic heterocycles. The minimum Gasteiger partial charge on any atom is -0.463 e. The zero-order valence-electron chi connectivity index (χ0n) is 11.1. The van der Waals surface area contributed by atoms with Crippen LogP contribution >= 0.6 is 0 Å². The van der Waals surface area contributed by atoms with E-state index in [4.69, 9.17) is 9.47 Å². The van der Waals surface area contributed by atoms with E-state index >= 15 is 0 Å². The summed E-state index contributed by atoms with van der Waals surface area (Å²) in [6, 6.07) is 0. The number of ether oxygens (including phenoxy) is 2. The van der Waals surface area contributed by atoms with Gasteiger partial charge >= 0.3 is 11.9 Å². The molecule has 0 rings (SSSR count). The fourth-order valence-corrected chi connectivity index (χ4v) is 1.27. The van der Waals surface area contributed by atoms with E-state index in [1.807, 2.05) is 27.7 Å². The molecular weight excluding hydrogens is 220 g/mol. The van der Waals surface area contributed by atoms with E-state index in [9.17, 15) is 9.59 Å². The molecule has 4 nitrogen and oxygen atoms in total.